The fraction of sp³-hybridized carbons (Fsp3) is 0.472. The Hall–Kier alpha value is -3.78. The third-order valence-corrected chi connectivity index (χ3v) is 8.15. The van der Waals surface area contributed by atoms with Crippen molar-refractivity contribution < 1.29 is 28.6 Å². The van der Waals surface area contributed by atoms with Crippen molar-refractivity contribution in [3.63, 3.8) is 0 Å². The number of carbonyl (C=O) groups is 3. The molecule has 0 bridgehead atoms. The van der Waals surface area contributed by atoms with Gasteiger partial charge in [-0.05, 0) is 94.5 Å². The predicted octanol–water partition coefficient (Wildman–Crippen LogP) is 8.12. The summed E-state index contributed by atoms with van der Waals surface area (Å²) in [6.45, 7) is 16.5. The molecule has 2 aliphatic heterocycles. The summed E-state index contributed by atoms with van der Waals surface area (Å²) in [5.41, 5.74) is 0.854. The van der Waals surface area contributed by atoms with Crippen molar-refractivity contribution >= 4 is 46.0 Å². The van der Waals surface area contributed by atoms with Gasteiger partial charge >= 0.3 is 12.1 Å². The highest BCUT2D eigenvalue weighted by molar-refractivity contribution is 6.34. The quantitative estimate of drug-likeness (QED) is 0.201. The smallest absolute Gasteiger partial charge is 0.410 e. The molecule has 1 fully saturated rings. The average Bonchev–Trinajstić information content (AvgIpc) is 2.90. The maximum atomic E-state index is 13.8. The number of halogens is 1. The summed E-state index contributed by atoms with van der Waals surface area (Å²) < 4.78 is 17.7. The monoisotopic (exact) mass is 634 g/mol. The molecule has 5 rings (SSSR count). The molecular formula is C36H43ClN2O6. The fourth-order valence-electron chi connectivity index (χ4n) is 5.56. The van der Waals surface area contributed by atoms with E-state index >= 15 is 0 Å². The number of hydrogen-bond donors (Lipinski definition) is 0. The van der Waals surface area contributed by atoms with Crippen molar-refractivity contribution in [3.8, 4) is 22.6 Å². The Kier molecular flexibility index (Phi) is 8.84. The summed E-state index contributed by atoms with van der Waals surface area (Å²) in [5.74, 6) is 0.853. The van der Waals surface area contributed by atoms with Crippen LogP contribution in [-0.2, 0) is 14.3 Å². The van der Waals surface area contributed by atoms with Gasteiger partial charge in [-0.3, -0.25) is 9.59 Å². The molecule has 0 N–H and O–H groups in total. The standard InChI is InChI=1S/C36H43ClN2O6/c1-21(2)13-31-32(40)39(20-22-18-38(19-22)34(42)45-36(6,7)8)29-17-28(37)27(16-30(29)44-31)26-15-24(43-33(41)35(3,4)5)14-23-11-9-10-12-25(23)26/h9-12,14-17,21-22,31H,13,18-20H2,1-8H3. The molecule has 0 saturated carbocycles. The van der Waals surface area contributed by atoms with E-state index in [1.807, 2.05) is 84.0 Å². The summed E-state index contributed by atoms with van der Waals surface area (Å²) in [7, 11) is 0. The lowest BCUT2D eigenvalue weighted by Crippen LogP contribution is -2.57. The number of anilines is 1. The molecule has 2 aliphatic rings. The second kappa shape index (κ2) is 12.2. The van der Waals surface area contributed by atoms with E-state index in [-0.39, 0.29) is 29.8 Å². The Balaban J connectivity index is 1.50. The van der Waals surface area contributed by atoms with Gasteiger partial charge in [-0.15, -0.1) is 0 Å². The Morgan fingerprint density at radius 2 is 1.69 bits per heavy atom. The van der Waals surface area contributed by atoms with Crippen LogP contribution in [0.1, 0.15) is 61.8 Å². The number of likely N-dealkylation sites (tertiary alicyclic amines) is 1. The molecule has 0 spiro atoms. The Morgan fingerprint density at radius 1 is 1.00 bits per heavy atom. The highest BCUT2D eigenvalue weighted by Gasteiger charge is 2.41. The first-order chi connectivity index (χ1) is 21.0. The summed E-state index contributed by atoms with van der Waals surface area (Å²) in [6.07, 6.45) is -0.437. The normalized spacial score (nSPS) is 17.2. The molecule has 1 saturated heterocycles. The summed E-state index contributed by atoms with van der Waals surface area (Å²) in [6, 6.07) is 15.2. The highest BCUT2D eigenvalue weighted by atomic mass is 35.5. The van der Waals surface area contributed by atoms with Crippen LogP contribution < -0.4 is 14.4 Å². The third kappa shape index (κ3) is 7.22. The predicted molar refractivity (Wildman–Crippen MR) is 177 cm³/mol. The molecule has 3 aromatic carbocycles. The number of hydrogen-bond acceptors (Lipinski definition) is 6. The van der Waals surface area contributed by atoms with Crippen molar-refractivity contribution in [2.24, 2.45) is 17.3 Å². The van der Waals surface area contributed by atoms with Crippen LogP contribution in [0.2, 0.25) is 5.02 Å². The second-order valence-electron chi connectivity index (χ2n) is 14.6. The minimum Gasteiger partial charge on any atom is -0.478 e. The second-order valence-corrected chi connectivity index (χ2v) is 15.0. The third-order valence-electron chi connectivity index (χ3n) is 7.83. The average molecular weight is 635 g/mol. The van der Waals surface area contributed by atoms with Gasteiger partial charge in [-0.1, -0.05) is 49.7 Å². The highest BCUT2D eigenvalue weighted by Crippen LogP contribution is 2.45. The van der Waals surface area contributed by atoms with Gasteiger partial charge in [0.15, 0.2) is 6.10 Å². The van der Waals surface area contributed by atoms with Gasteiger partial charge in [0.2, 0.25) is 0 Å². The fourth-order valence-corrected chi connectivity index (χ4v) is 5.82. The van der Waals surface area contributed by atoms with Gasteiger partial charge in [-0.25, -0.2) is 4.79 Å². The first-order valence-electron chi connectivity index (χ1n) is 15.5. The topological polar surface area (TPSA) is 85.4 Å². The van der Waals surface area contributed by atoms with E-state index in [1.165, 1.54) is 0 Å². The van der Waals surface area contributed by atoms with E-state index in [9.17, 15) is 14.4 Å². The largest absolute Gasteiger partial charge is 0.478 e. The SMILES string of the molecule is CC(C)CC1Oc2cc(-c3cc(OC(=O)C(C)(C)C)cc4ccccc34)c(Cl)cc2N(CC2CN(C(=O)OC(C)(C)C)C2)C1=O. The van der Waals surface area contributed by atoms with Gasteiger partial charge in [0.1, 0.15) is 17.1 Å². The van der Waals surface area contributed by atoms with Crippen LogP contribution in [0.25, 0.3) is 21.9 Å². The van der Waals surface area contributed by atoms with Crippen LogP contribution in [-0.4, -0.2) is 54.2 Å². The van der Waals surface area contributed by atoms with E-state index in [2.05, 4.69) is 13.8 Å². The molecule has 1 unspecified atom stereocenters. The molecule has 9 heteroatoms. The Bertz CT molecular complexity index is 1630. The number of amides is 2. The van der Waals surface area contributed by atoms with Crippen LogP contribution in [0, 0.1) is 17.3 Å². The molecule has 0 aromatic heterocycles. The maximum absolute atomic E-state index is 13.8. The lowest BCUT2D eigenvalue weighted by Gasteiger charge is -2.43. The van der Waals surface area contributed by atoms with Crippen molar-refractivity contribution in [2.45, 2.75) is 73.5 Å². The number of ether oxygens (including phenoxy) is 3. The molecule has 3 aromatic rings. The number of fused-ring (bicyclic) bond motifs is 2. The van der Waals surface area contributed by atoms with Crippen LogP contribution in [0.5, 0.6) is 11.5 Å². The minimum atomic E-state index is -0.672. The van der Waals surface area contributed by atoms with Crippen LogP contribution in [0.4, 0.5) is 10.5 Å². The molecule has 1 atom stereocenters. The molecular weight excluding hydrogens is 592 g/mol. The zero-order valence-electron chi connectivity index (χ0n) is 27.4. The van der Waals surface area contributed by atoms with Crippen molar-refractivity contribution in [1.82, 2.24) is 4.90 Å². The number of esters is 1. The maximum Gasteiger partial charge on any atom is 0.410 e. The minimum absolute atomic E-state index is 0.0868. The summed E-state index contributed by atoms with van der Waals surface area (Å²) in [4.78, 5) is 42.5. The van der Waals surface area contributed by atoms with Gasteiger partial charge in [-0.2, -0.15) is 0 Å². The molecule has 0 radical (unpaired) electrons. The number of rotatable bonds is 6. The number of carbonyl (C=O) groups excluding carboxylic acids is 3. The van der Waals surface area contributed by atoms with Gasteiger partial charge in [0, 0.05) is 31.1 Å². The first-order valence-corrected chi connectivity index (χ1v) is 15.9. The first kappa shape index (κ1) is 32.6. The molecule has 45 heavy (non-hydrogen) atoms. The van der Waals surface area contributed by atoms with E-state index in [0.29, 0.717) is 53.8 Å². The van der Waals surface area contributed by atoms with Crippen LogP contribution in [0.3, 0.4) is 0 Å². The summed E-state index contributed by atoms with van der Waals surface area (Å²) in [5, 5.41) is 2.27. The molecule has 8 nitrogen and oxygen atoms in total. The zero-order valence-corrected chi connectivity index (χ0v) is 28.2. The van der Waals surface area contributed by atoms with Crippen LogP contribution >= 0.6 is 11.6 Å². The van der Waals surface area contributed by atoms with Crippen molar-refractivity contribution in [2.75, 3.05) is 24.5 Å². The lowest BCUT2D eigenvalue weighted by molar-refractivity contribution is -0.143. The lowest BCUT2D eigenvalue weighted by atomic mass is 9.94. The number of benzene rings is 3. The zero-order chi connectivity index (χ0) is 32.8. The molecule has 2 heterocycles. The van der Waals surface area contributed by atoms with E-state index in [4.69, 9.17) is 25.8 Å². The van der Waals surface area contributed by atoms with Gasteiger partial charge in [0.05, 0.1) is 16.1 Å². The van der Waals surface area contributed by atoms with E-state index in [1.54, 1.807) is 15.9 Å². The van der Waals surface area contributed by atoms with E-state index in [0.717, 1.165) is 16.3 Å². The molecule has 2 amide bonds. The Morgan fingerprint density at radius 3 is 2.33 bits per heavy atom. The Labute approximate surface area is 270 Å². The van der Waals surface area contributed by atoms with Gasteiger partial charge < -0.3 is 24.0 Å². The molecule has 240 valence electrons. The van der Waals surface area contributed by atoms with E-state index < -0.39 is 17.1 Å². The number of nitrogens with zero attached hydrogens (tertiary/aromatic N) is 2. The van der Waals surface area contributed by atoms with Crippen molar-refractivity contribution in [1.29, 1.82) is 0 Å². The van der Waals surface area contributed by atoms with Gasteiger partial charge in [0.25, 0.3) is 5.91 Å². The van der Waals surface area contributed by atoms with Crippen molar-refractivity contribution in [3.05, 3.63) is 53.6 Å². The van der Waals surface area contributed by atoms with Crippen LogP contribution in [0.15, 0.2) is 48.5 Å². The summed E-state index contributed by atoms with van der Waals surface area (Å²) >= 11 is 7.00. The molecule has 0 aliphatic carbocycles.